The van der Waals surface area contributed by atoms with E-state index >= 15 is 0 Å². The van der Waals surface area contributed by atoms with Crippen LogP contribution in [0.3, 0.4) is 0 Å². The molecule has 1 rings (SSSR count). The Labute approximate surface area is 123 Å². The van der Waals surface area contributed by atoms with Gasteiger partial charge in [-0.05, 0) is 18.2 Å². The Morgan fingerprint density at radius 2 is 1.35 bits per heavy atom. The highest BCUT2D eigenvalue weighted by molar-refractivity contribution is 9.10. The molecule has 0 amide bonds. The fourth-order valence-electron chi connectivity index (χ4n) is 1.07. The van der Waals surface area contributed by atoms with E-state index in [1.54, 1.807) is 0 Å². The lowest BCUT2D eigenvalue weighted by Crippen LogP contribution is -2.03. The maximum absolute atomic E-state index is 10.5. The van der Waals surface area contributed by atoms with E-state index in [2.05, 4.69) is 20.7 Å². The summed E-state index contributed by atoms with van der Waals surface area (Å²) in [5, 5.41) is 33.4. The molecule has 112 valence electrons. The van der Waals surface area contributed by atoms with E-state index < -0.39 is 11.9 Å². The highest BCUT2D eigenvalue weighted by atomic mass is 79.9. The summed E-state index contributed by atoms with van der Waals surface area (Å²) in [6, 6.07) is 3.79. The number of hydrogen-bond donors (Lipinski definition) is 4. The monoisotopic (exact) mass is 350 g/mol. The van der Waals surface area contributed by atoms with E-state index in [1.807, 2.05) is 0 Å². The van der Waals surface area contributed by atoms with Crippen LogP contribution in [-0.2, 0) is 4.74 Å². The summed E-state index contributed by atoms with van der Waals surface area (Å²) in [6.45, 7) is 0.696. The number of aliphatic hydroxyl groups is 2. The van der Waals surface area contributed by atoms with E-state index in [1.165, 1.54) is 12.1 Å². The molecular formula is C12H15BrO7. The second kappa shape index (κ2) is 10.3. The van der Waals surface area contributed by atoms with Gasteiger partial charge in [0.15, 0.2) is 0 Å². The van der Waals surface area contributed by atoms with Crippen molar-refractivity contribution in [1.29, 1.82) is 0 Å². The zero-order valence-electron chi connectivity index (χ0n) is 10.5. The lowest BCUT2D eigenvalue weighted by molar-refractivity contribution is 0.0650. The number of carboxylic acid groups (broad SMARTS) is 2. The van der Waals surface area contributed by atoms with Gasteiger partial charge in [-0.1, -0.05) is 15.9 Å². The zero-order chi connectivity index (χ0) is 15.5. The van der Waals surface area contributed by atoms with Gasteiger partial charge in [-0.2, -0.15) is 0 Å². The number of benzene rings is 1. The molecule has 0 radical (unpaired) electrons. The first-order chi connectivity index (χ1) is 9.42. The quantitative estimate of drug-likeness (QED) is 0.560. The third-order valence-electron chi connectivity index (χ3n) is 1.86. The summed E-state index contributed by atoms with van der Waals surface area (Å²) >= 11 is 3.02. The van der Waals surface area contributed by atoms with Crippen molar-refractivity contribution in [2.45, 2.75) is 0 Å². The molecule has 20 heavy (non-hydrogen) atoms. The largest absolute Gasteiger partial charge is 0.478 e. The summed E-state index contributed by atoms with van der Waals surface area (Å²) in [5.41, 5.74) is -0.0986. The summed E-state index contributed by atoms with van der Waals surface area (Å²) < 4.78 is 5.07. The number of carboxylic acids is 2. The molecule has 1 aromatic rings. The van der Waals surface area contributed by atoms with Gasteiger partial charge in [-0.3, -0.25) is 0 Å². The Balaban J connectivity index is 0.000000441. The number of ether oxygens (including phenoxy) is 1. The van der Waals surface area contributed by atoms with Crippen molar-refractivity contribution in [2.75, 3.05) is 26.4 Å². The van der Waals surface area contributed by atoms with Crippen LogP contribution in [0.1, 0.15) is 20.7 Å². The van der Waals surface area contributed by atoms with Gasteiger partial charge in [0.25, 0.3) is 0 Å². The summed E-state index contributed by atoms with van der Waals surface area (Å²) in [6.07, 6.45) is 0. The van der Waals surface area contributed by atoms with Crippen molar-refractivity contribution >= 4 is 27.9 Å². The number of carbonyl (C=O) groups is 2. The van der Waals surface area contributed by atoms with Crippen LogP contribution in [0.25, 0.3) is 0 Å². The van der Waals surface area contributed by atoms with E-state index in [4.69, 9.17) is 20.4 Å². The van der Waals surface area contributed by atoms with Crippen LogP contribution in [0.4, 0.5) is 0 Å². The minimum absolute atomic E-state index is 0.0278. The molecule has 0 aliphatic carbocycles. The van der Waals surface area contributed by atoms with Crippen LogP contribution in [-0.4, -0.2) is 58.8 Å². The average molecular weight is 351 g/mol. The molecule has 0 atom stereocenters. The molecule has 0 fully saturated rings. The van der Waals surface area contributed by atoms with Gasteiger partial charge >= 0.3 is 11.9 Å². The van der Waals surface area contributed by atoms with Crippen LogP contribution in [0.2, 0.25) is 0 Å². The Hall–Kier alpha value is -1.48. The summed E-state index contributed by atoms with van der Waals surface area (Å²) in [4.78, 5) is 21.0. The number of hydrogen-bond acceptors (Lipinski definition) is 5. The average Bonchev–Trinajstić information content (AvgIpc) is 2.39. The lowest BCUT2D eigenvalue weighted by Gasteiger charge is -1.98. The van der Waals surface area contributed by atoms with Crippen molar-refractivity contribution < 1.29 is 34.8 Å². The second-order valence-corrected chi connectivity index (χ2v) is 4.31. The van der Waals surface area contributed by atoms with Gasteiger partial charge < -0.3 is 25.2 Å². The molecule has 0 unspecified atom stereocenters. The molecule has 0 heterocycles. The molecular weight excluding hydrogens is 336 g/mol. The van der Waals surface area contributed by atoms with Crippen LogP contribution >= 0.6 is 15.9 Å². The number of rotatable bonds is 6. The van der Waals surface area contributed by atoms with Crippen molar-refractivity contribution in [3.8, 4) is 0 Å². The van der Waals surface area contributed by atoms with E-state index in [0.717, 1.165) is 6.07 Å². The fraction of sp³-hybridized carbons (Fsp3) is 0.333. The lowest BCUT2D eigenvalue weighted by atomic mass is 10.1. The van der Waals surface area contributed by atoms with Gasteiger partial charge in [-0.15, -0.1) is 0 Å². The first-order valence-corrected chi connectivity index (χ1v) is 6.28. The van der Waals surface area contributed by atoms with E-state index in [0.29, 0.717) is 17.7 Å². The molecule has 0 aromatic heterocycles. The van der Waals surface area contributed by atoms with Crippen LogP contribution in [0.15, 0.2) is 22.7 Å². The smallest absolute Gasteiger partial charge is 0.335 e. The molecule has 7 nitrogen and oxygen atoms in total. The molecule has 0 aliphatic heterocycles. The van der Waals surface area contributed by atoms with E-state index in [9.17, 15) is 9.59 Å². The van der Waals surface area contributed by atoms with Gasteiger partial charge in [0.1, 0.15) is 0 Å². The molecule has 0 bridgehead atoms. The van der Waals surface area contributed by atoms with Gasteiger partial charge in [0.2, 0.25) is 0 Å². The molecule has 4 N–H and O–H groups in total. The Morgan fingerprint density at radius 3 is 1.65 bits per heavy atom. The van der Waals surface area contributed by atoms with Crippen molar-refractivity contribution in [3.05, 3.63) is 33.8 Å². The minimum Gasteiger partial charge on any atom is -0.478 e. The van der Waals surface area contributed by atoms with Crippen LogP contribution in [0.5, 0.6) is 0 Å². The molecule has 0 spiro atoms. The highest BCUT2D eigenvalue weighted by Crippen LogP contribution is 2.15. The first kappa shape index (κ1) is 18.5. The standard InChI is InChI=1S/C8H5BrO4.C4H10O3/c9-6-2-4(7(10)11)1-5(3-6)8(12)13;5-1-3-7-4-2-6/h1-3H,(H,10,11)(H,12,13);5-6H,1-4H2. The molecule has 0 aliphatic rings. The SMILES string of the molecule is O=C(O)c1cc(Br)cc(C(=O)O)c1.OCCOCCO. The van der Waals surface area contributed by atoms with Gasteiger partial charge in [0, 0.05) is 4.47 Å². The van der Waals surface area contributed by atoms with Crippen LogP contribution < -0.4 is 0 Å². The number of halogens is 1. The Morgan fingerprint density at radius 1 is 0.950 bits per heavy atom. The molecule has 8 heteroatoms. The zero-order valence-corrected chi connectivity index (χ0v) is 12.0. The van der Waals surface area contributed by atoms with Gasteiger partial charge in [-0.25, -0.2) is 9.59 Å². The number of aromatic carboxylic acids is 2. The fourth-order valence-corrected chi connectivity index (χ4v) is 1.56. The molecule has 0 saturated heterocycles. The third kappa shape index (κ3) is 7.85. The normalized spacial score (nSPS) is 9.55. The van der Waals surface area contributed by atoms with Crippen molar-refractivity contribution in [1.82, 2.24) is 0 Å². The topological polar surface area (TPSA) is 124 Å². The predicted molar refractivity (Wildman–Crippen MR) is 73.1 cm³/mol. The Kier molecular flexibility index (Phi) is 9.56. The molecule has 0 saturated carbocycles. The first-order valence-electron chi connectivity index (χ1n) is 5.49. The van der Waals surface area contributed by atoms with Crippen molar-refractivity contribution in [3.63, 3.8) is 0 Å². The Bertz CT molecular complexity index is 411. The minimum atomic E-state index is -1.15. The van der Waals surface area contributed by atoms with Gasteiger partial charge in [0.05, 0.1) is 37.6 Å². The van der Waals surface area contributed by atoms with E-state index in [-0.39, 0.29) is 24.3 Å². The predicted octanol–water partition coefficient (Wildman–Crippen LogP) is 0.833. The van der Waals surface area contributed by atoms with Crippen LogP contribution in [0, 0.1) is 0 Å². The number of aliphatic hydroxyl groups excluding tert-OH is 2. The third-order valence-corrected chi connectivity index (χ3v) is 2.32. The highest BCUT2D eigenvalue weighted by Gasteiger charge is 2.09. The summed E-state index contributed by atoms with van der Waals surface area (Å²) in [5.74, 6) is -2.30. The maximum atomic E-state index is 10.5. The molecule has 1 aromatic carbocycles. The second-order valence-electron chi connectivity index (χ2n) is 3.40. The van der Waals surface area contributed by atoms with Crippen molar-refractivity contribution in [2.24, 2.45) is 0 Å². The maximum Gasteiger partial charge on any atom is 0.335 e. The summed E-state index contributed by atoms with van der Waals surface area (Å²) in [7, 11) is 0.